The second kappa shape index (κ2) is 5.62. The third kappa shape index (κ3) is 2.76. The minimum atomic E-state index is -1.38. The molecule has 0 saturated heterocycles. The summed E-state index contributed by atoms with van der Waals surface area (Å²) in [6.07, 6.45) is 0.364. The Balaban J connectivity index is 0.000000671. The van der Waals surface area contributed by atoms with E-state index in [2.05, 4.69) is 0 Å². The molecule has 1 aromatic rings. The molecular formula is C10H13F3. The minimum absolute atomic E-state index is 0.198. The number of benzene rings is 1. The Bertz CT molecular complexity index is 269. The van der Waals surface area contributed by atoms with Crippen molar-refractivity contribution in [2.45, 2.75) is 27.2 Å². The maximum atomic E-state index is 12.6. The predicted molar refractivity (Wildman–Crippen MR) is 47.0 cm³/mol. The molecule has 13 heavy (non-hydrogen) atoms. The molecule has 0 aliphatic heterocycles. The molecule has 3 heteroatoms. The van der Waals surface area contributed by atoms with Crippen LogP contribution in [0.3, 0.4) is 0 Å². The first-order valence-electron chi connectivity index (χ1n) is 4.29. The SMILES string of the molecule is CC.CCc1ccc(F)c(F)c1F. The number of hydrogen-bond donors (Lipinski definition) is 0. The van der Waals surface area contributed by atoms with Gasteiger partial charge >= 0.3 is 0 Å². The van der Waals surface area contributed by atoms with E-state index in [-0.39, 0.29) is 5.56 Å². The molecule has 0 bridgehead atoms. The van der Waals surface area contributed by atoms with E-state index in [1.54, 1.807) is 6.92 Å². The molecule has 0 heterocycles. The molecule has 0 N–H and O–H groups in total. The van der Waals surface area contributed by atoms with Gasteiger partial charge in [-0.15, -0.1) is 0 Å². The highest BCUT2D eigenvalue weighted by molar-refractivity contribution is 5.19. The molecule has 0 aliphatic carbocycles. The molecule has 0 amide bonds. The molecule has 1 aromatic carbocycles. The van der Waals surface area contributed by atoms with Crippen molar-refractivity contribution in [3.8, 4) is 0 Å². The summed E-state index contributed by atoms with van der Waals surface area (Å²) in [5.74, 6) is -3.60. The van der Waals surface area contributed by atoms with Gasteiger partial charge in [0.2, 0.25) is 0 Å². The van der Waals surface area contributed by atoms with Crippen LogP contribution in [0.2, 0.25) is 0 Å². The van der Waals surface area contributed by atoms with Gasteiger partial charge in [-0.3, -0.25) is 0 Å². The summed E-state index contributed by atoms with van der Waals surface area (Å²) < 4.78 is 37.4. The minimum Gasteiger partial charge on any atom is -0.204 e. The summed E-state index contributed by atoms with van der Waals surface area (Å²) in [5, 5.41) is 0. The van der Waals surface area contributed by atoms with E-state index >= 15 is 0 Å². The summed E-state index contributed by atoms with van der Waals surface area (Å²) >= 11 is 0. The van der Waals surface area contributed by atoms with Crippen molar-refractivity contribution in [1.29, 1.82) is 0 Å². The lowest BCUT2D eigenvalue weighted by atomic mass is 10.1. The van der Waals surface area contributed by atoms with Gasteiger partial charge in [0, 0.05) is 0 Å². The van der Waals surface area contributed by atoms with Gasteiger partial charge in [-0.2, -0.15) is 0 Å². The molecule has 0 aromatic heterocycles. The standard InChI is InChI=1S/C8H7F3.C2H6/c1-2-5-3-4-6(9)8(11)7(5)10;1-2/h3-4H,2H2,1H3;1-2H3. The molecular weight excluding hydrogens is 177 g/mol. The molecule has 0 unspecified atom stereocenters. The molecule has 1 rings (SSSR count). The molecule has 0 nitrogen and oxygen atoms in total. The van der Waals surface area contributed by atoms with Crippen LogP contribution in [0.4, 0.5) is 13.2 Å². The van der Waals surface area contributed by atoms with Crippen molar-refractivity contribution >= 4 is 0 Å². The zero-order chi connectivity index (χ0) is 10.4. The summed E-state index contributed by atoms with van der Waals surface area (Å²) in [5.41, 5.74) is 0.198. The Morgan fingerprint density at radius 1 is 1.00 bits per heavy atom. The lowest BCUT2D eigenvalue weighted by Gasteiger charge is -1.99. The number of rotatable bonds is 1. The van der Waals surface area contributed by atoms with Gasteiger partial charge in [0.1, 0.15) is 0 Å². The van der Waals surface area contributed by atoms with Crippen molar-refractivity contribution in [2.24, 2.45) is 0 Å². The molecule has 74 valence electrons. The largest absolute Gasteiger partial charge is 0.204 e. The van der Waals surface area contributed by atoms with Crippen LogP contribution in [0.1, 0.15) is 26.3 Å². The molecule has 0 saturated carbocycles. The lowest BCUT2D eigenvalue weighted by molar-refractivity contribution is 0.441. The van der Waals surface area contributed by atoms with Crippen LogP contribution < -0.4 is 0 Å². The highest BCUT2D eigenvalue weighted by Crippen LogP contribution is 2.14. The second-order valence-electron chi connectivity index (χ2n) is 2.19. The summed E-state index contributed by atoms with van der Waals surface area (Å²) in [7, 11) is 0. The van der Waals surface area contributed by atoms with Crippen molar-refractivity contribution in [3.05, 3.63) is 35.1 Å². The second-order valence-corrected chi connectivity index (χ2v) is 2.19. The van der Waals surface area contributed by atoms with Crippen LogP contribution >= 0.6 is 0 Å². The monoisotopic (exact) mass is 190 g/mol. The van der Waals surface area contributed by atoms with E-state index in [0.29, 0.717) is 6.42 Å². The number of hydrogen-bond acceptors (Lipinski definition) is 0. The van der Waals surface area contributed by atoms with E-state index in [9.17, 15) is 13.2 Å². The predicted octanol–water partition coefficient (Wildman–Crippen LogP) is 3.69. The van der Waals surface area contributed by atoms with E-state index in [4.69, 9.17) is 0 Å². The van der Waals surface area contributed by atoms with Gasteiger partial charge in [0.15, 0.2) is 17.5 Å². The summed E-state index contributed by atoms with van der Waals surface area (Å²) in [6.45, 7) is 5.68. The Morgan fingerprint density at radius 3 is 2.00 bits per heavy atom. The fourth-order valence-electron chi connectivity index (χ4n) is 0.839. The lowest BCUT2D eigenvalue weighted by Crippen LogP contribution is -1.95. The number of aryl methyl sites for hydroxylation is 1. The van der Waals surface area contributed by atoms with Crippen LogP contribution in [0.5, 0.6) is 0 Å². The van der Waals surface area contributed by atoms with Crippen molar-refractivity contribution < 1.29 is 13.2 Å². The topological polar surface area (TPSA) is 0 Å². The average molecular weight is 190 g/mol. The fourth-order valence-corrected chi connectivity index (χ4v) is 0.839. The third-order valence-corrected chi connectivity index (χ3v) is 1.50. The van der Waals surface area contributed by atoms with Crippen LogP contribution in [0.15, 0.2) is 12.1 Å². The van der Waals surface area contributed by atoms with Crippen molar-refractivity contribution in [3.63, 3.8) is 0 Å². The van der Waals surface area contributed by atoms with Crippen LogP contribution in [-0.4, -0.2) is 0 Å². The average Bonchev–Trinajstić information content (AvgIpc) is 2.18. The molecule has 0 fully saturated rings. The Morgan fingerprint density at radius 2 is 1.54 bits per heavy atom. The summed E-state index contributed by atoms with van der Waals surface area (Å²) in [6, 6.07) is 2.17. The first-order valence-corrected chi connectivity index (χ1v) is 4.29. The van der Waals surface area contributed by atoms with E-state index in [1.807, 2.05) is 13.8 Å². The van der Waals surface area contributed by atoms with Crippen molar-refractivity contribution in [2.75, 3.05) is 0 Å². The van der Waals surface area contributed by atoms with Gasteiger partial charge in [-0.1, -0.05) is 26.8 Å². The van der Waals surface area contributed by atoms with Gasteiger partial charge in [-0.25, -0.2) is 13.2 Å². The Labute approximate surface area is 76.4 Å². The first-order chi connectivity index (χ1) is 6.16. The van der Waals surface area contributed by atoms with E-state index in [0.717, 1.165) is 6.07 Å². The smallest absolute Gasteiger partial charge is 0.194 e. The highest BCUT2D eigenvalue weighted by Gasteiger charge is 2.10. The quantitative estimate of drug-likeness (QED) is 0.592. The fraction of sp³-hybridized carbons (Fsp3) is 0.400. The Hall–Kier alpha value is -0.990. The molecule has 0 aliphatic rings. The van der Waals surface area contributed by atoms with Crippen LogP contribution in [0, 0.1) is 17.5 Å². The normalized spacial score (nSPS) is 9.08. The van der Waals surface area contributed by atoms with Gasteiger partial charge in [0.05, 0.1) is 0 Å². The molecule has 0 radical (unpaired) electrons. The molecule has 0 atom stereocenters. The zero-order valence-corrected chi connectivity index (χ0v) is 8.00. The van der Waals surface area contributed by atoms with Crippen LogP contribution in [-0.2, 0) is 6.42 Å². The summed E-state index contributed by atoms with van der Waals surface area (Å²) in [4.78, 5) is 0. The maximum Gasteiger partial charge on any atom is 0.194 e. The van der Waals surface area contributed by atoms with Gasteiger partial charge in [-0.05, 0) is 18.1 Å². The first kappa shape index (κ1) is 12.0. The number of halogens is 3. The van der Waals surface area contributed by atoms with Gasteiger partial charge < -0.3 is 0 Å². The zero-order valence-electron chi connectivity index (χ0n) is 8.00. The van der Waals surface area contributed by atoms with Crippen molar-refractivity contribution in [1.82, 2.24) is 0 Å². The van der Waals surface area contributed by atoms with Gasteiger partial charge in [0.25, 0.3) is 0 Å². The third-order valence-electron chi connectivity index (χ3n) is 1.50. The van der Waals surface area contributed by atoms with E-state index in [1.165, 1.54) is 6.07 Å². The Kier molecular flexibility index (Phi) is 5.19. The molecule has 0 spiro atoms. The van der Waals surface area contributed by atoms with E-state index < -0.39 is 17.5 Å². The van der Waals surface area contributed by atoms with Crippen LogP contribution in [0.25, 0.3) is 0 Å². The highest BCUT2D eigenvalue weighted by atomic mass is 19.2. The maximum absolute atomic E-state index is 12.6.